The number of nitrogens with one attached hydrogen (secondary N) is 1. The number of rotatable bonds is 4. The fourth-order valence-electron chi connectivity index (χ4n) is 1.38. The Labute approximate surface area is 111 Å². The summed E-state index contributed by atoms with van der Waals surface area (Å²) in [5, 5.41) is 4.00. The predicted octanol–water partition coefficient (Wildman–Crippen LogP) is 1.36. The molecule has 0 radical (unpaired) electrons. The van der Waals surface area contributed by atoms with Crippen molar-refractivity contribution in [3.8, 4) is 0 Å². The fourth-order valence-corrected chi connectivity index (χ4v) is 2.31. The molecule has 0 fully saturated rings. The van der Waals surface area contributed by atoms with Gasteiger partial charge in [0.1, 0.15) is 4.90 Å². The maximum Gasteiger partial charge on any atom is 0.266 e. The Morgan fingerprint density at radius 3 is 2.47 bits per heavy atom. The molecule has 0 atom stereocenters. The van der Waals surface area contributed by atoms with E-state index < -0.39 is 10.0 Å². The minimum Gasteiger partial charge on any atom is -0.269 e. The molecule has 0 unspecified atom stereocenters. The van der Waals surface area contributed by atoms with Gasteiger partial charge in [-0.3, -0.25) is 14.4 Å². The highest BCUT2D eigenvalue weighted by atomic mass is 32.2. The van der Waals surface area contributed by atoms with Crippen molar-refractivity contribution >= 4 is 15.8 Å². The van der Waals surface area contributed by atoms with Gasteiger partial charge in [-0.2, -0.15) is 5.10 Å². The molecule has 2 heterocycles. The SMILES string of the molecule is Cc1cnc(NS(=O)(=O)c2cnn(C(C)C)c2)cn1. The van der Waals surface area contributed by atoms with Gasteiger partial charge in [0.15, 0.2) is 5.82 Å². The van der Waals surface area contributed by atoms with Crippen LogP contribution in [0.15, 0.2) is 29.7 Å². The van der Waals surface area contributed by atoms with Gasteiger partial charge in [0.25, 0.3) is 10.0 Å². The number of hydrogen-bond donors (Lipinski definition) is 1. The van der Waals surface area contributed by atoms with E-state index in [2.05, 4.69) is 19.8 Å². The molecule has 0 spiro atoms. The van der Waals surface area contributed by atoms with Gasteiger partial charge in [-0.1, -0.05) is 0 Å². The number of hydrogen-bond acceptors (Lipinski definition) is 5. The lowest BCUT2D eigenvalue weighted by Crippen LogP contribution is -2.13. The van der Waals surface area contributed by atoms with Crippen LogP contribution in [0.2, 0.25) is 0 Å². The topological polar surface area (TPSA) is 89.8 Å². The van der Waals surface area contributed by atoms with Gasteiger partial charge in [-0.05, 0) is 20.8 Å². The molecule has 0 aliphatic heterocycles. The van der Waals surface area contributed by atoms with E-state index in [4.69, 9.17) is 0 Å². The van der Waals surface area contributed by atoms with Gasteiger partial charge in [0.05, 0.1) is 24.3 Å². The van der Waals surface area contributed by atoms with Crippen molar-refractivity contribution in [2.24, 2.45) is 0 Å². The van der Waals surface area contributed by atoms with Crippen LogP contribution in [0.1, 0.15) is 25.6 Å². The molecule has 8 heteroatoms. The van der Waals surface area contributed by atoms with Crippen molar-refractivity contribution in [1.82, 2.24) is 19.7 Å². The Balaban J connectivity index is 2.24. The number of nitrogens with zero attached hydrogens (tertiary/aromatic N) is 4. The highest BCUT2D eigenvalue weighted by Crippen LogP contribution is 2.14. The molecule has 0 aliphatic carbocycles. The maximum absolute atomic E-state index is 12.1. The summed E-state index contributed by atoms with van der Waals surface area (Å²) >= 11 is 0. The summed E-state index contributed by atoms with van der Waals surface area (Å²) in [7, 11) is -3.67. The fraction of sp³-hybridized carbons (Fsp3) is 0.364. The minimum atomic E-state index is -3.67. The molecule has 0 aliphatic rings. The summed E-state index contributed by atoms with van der Waals surface area (Å²) in [6.45, 7) is 5.61. The van der Waals surface area contributed by atoms with Crippen LogP contribution in [0.5, 0.6) is 0 Å². The predicted molar refractivity (Wildman–Crippen MR) is 70.2 cm³/mol. The average Bonchev–Trinajstić information content (AvgIpc) is 2.82. The Morgan fingerprint density at radius 2 is 1.95 bits per heavy atom. The first-order valence-electron chi connectivity index (χ1n) is 5.74. The van der Waals surface area contributed by atoms with Crippen molar-refractivity contribution in [2.75, 3.05) is 4.72 Å². The molecule has 2 rings (SSSR count). The number of sulfonamides is 1. The zero-order chi connectivity index (χ0) is 14.0. The van der Waals surface area contributed by atoms with Crippen LogP contribution >= 0.6 is 0 Å². The van der Waals surface area contributed by atoms with E-state index in [-0.39, 0.29) is 16.8 Å². The lowest BCUT2D eigenvalue weighted by molar-refractivity contribution is 0.531. The normalized spacial score (nSPS) is 11.8. The van der Waals surface area contributed by atoms with Gasteiger partial charge < -0.3 is 0 Å². The molecule has 7 nitrogen and oxygen atoms in total. The molecule has 0 bridgehead atoms. The first kappa shape index (κ1) is 13.5. The number of aryl methyl sites for hydroxylation is 1. The van der Waals surface area contributed by atoms with Gasteiger partial charge in [0, 0.05) is 12.2 Å². The Hall–Kier alpha value is -1.96. The second-order valence-corrected chi connectivity index (χ2v) is 6.08. The van der Waals surface area contributed by atoms with Gasteiger partial charge in [-0.25, -0.2) is 13.4 Å². The Morgan fingerprint density at radius 1 is 1.21 bits per heavy atom. The molecule has 2 aromatic rings. The van der Waals surface area contributed by atoms with Crippen LogP contribution in [0.25, 0.3) is 0 Å². The van der Waals surface area contributed by atoms with E-state index in [1.165, 1.54) is 24.8 Å². The molecule has 102 valence electrons. The second-order valence-electron chi connectivity index (χ2n) is 4.40. The molecule has 19 heavy (non-hydrogen) atoms. The highest BCUT2D eigenvalue weighted by Gasteiger charge is 2.18. The van der Waals surface area contributed by atoms with Crippen LogP contribution in [-0.2, 0) is 10.0 Å². The summed E-state index contributed by atoms with van der Waals surface area (Å²) in [6, 6.07) is 0.100. The molecule has 2 aromatic heterocycles. The maximum atomic E-state index is 12.1. The summed E-state index contributed by atoms with van der Waals surface area (Å²) in [5.41, 5.74) is 0.718. The second kappa shape index (κ2) is 4.96. The van der Waals surface area contributed by atoms with Crippen LogP contribution in [0.3, 0.4) is 0 Å². The van der Waals surface area contributed by atoms with Gasteiger partial charge in [-0.15, -0.1) is 0 Å². The lowest BCUT2D eigenvalue weighted by Gasteiger charge is -2.05. The van der Waals surface area contributed by atoms with Crippen molar-refractivity contribution in [3.05, 3.63) is 30.5 Å². The molecular weight excluding hydrogens is 266 g/mol. The summed E-state index contributed by atoms with van der Waals surface area (Å²) in [4.78, 5) is 8.03. The first-order valence-corrected chi connectivity index (χ1v) is 7.22. The van der Waals surface area contributed by atoms with E-state index in [1.807, 2.05) is 13.8 Å². The molecule has 0 amide bonds. The number of aromatic nitrogens is 4. The standard InChI is InChI=1S/C11H15N5O2S/c1-8(2)16-7-10(5-14-16)19(17,18)15-11-6-12-9(3)4-13-11/h4-8H,1-3H3,(H,13,15). The molecule has 0 saturated heterocycles. The molecule has 0 aromatic carbocycles. The summed E-state index contributed by atoms with van der Waals surface area (Å²) < 4.78 is 28.1. The summed E-state index contributed by atoms with van der Waals surface area (Å²) in [5.74, 6) is 0.183. The monoisotopic (exact) mass is 281 g/mol. The highest BCUT2D eigenvalue weighted by molar-refractivity contribution is 7.92. The van der Waals surface area contributed by atoms with Crippen LogP contribution in [-0.4, -0.2) is 28.2 Å². The van der Waals surface area contributed by atoms with Crippen molar-refractivity contribution < 1.29 is 8.42 Å². The lowest BCUT2D eigenvalue weighted by atomic mass is 10.4. The van der Waals surface area contributed by atoms with E-state index in [0.717, 1.165) is 5.69 Å². The number of anilines is 1. The van der Waals surface area contributed by atoms with E-state index in [9.17, 15) is 8.42 Å². The Bertz CT molecular complexity index is 661. The first-order chi connectivity index (χ1) is 8.88. The van der Waals surface area contributed by atoms with E-state index in [0.29, 0.717) is 0 Å². The van der Waals surface area contributed by atoms with E-state index >= 15 is 0 Å². The van der Waals surface area contributed by atoms with Crippen molar-refractivity contribution in [1.29, 1.82) is 0 Å². The largest absolute Gasteiger partial charge is 0.269 e. The molecular formula is C11H15N5O2S. The molecule has 1 N–H and O–H groups in total. The zero-order valence-electron chi connectivity index (χ0n) is 10.9. The third-order valence-electron chi connectivity index (χ3n) is 2.44. The van der Waals surface area contributed by atoms with Crippen molar-refractivity contribution in [2.45, 2.75) is 31.7 Å². The third-order valence-corrected chi connectivity index (χ3v) is 3.75. The van der Waals surface area contributed by atoms with Crippen LogP contribution in [0.4, 0.5) is 5.82 Å². The third kappa shape index (κ3) is 3.08. The molecule has 0 saturated carbocycles. The quantitative estimate of drug-likeness (QED) is 0.914. The van der Waals surface area contributed by atoms with Gasteiger partial charge >= 0.3 is 0 Å². The van der Waals surface area contributed by atoms with Crippen LogP contribution in [0, 0.1) is 6.92 Å². The van der Waals surface area contributed by atoms with Crippen molar-refractivity contribution in [3.63, 3.8) is 0 Å². The van der Waals surface area contributed by atoms with Gasteiger partial charge in [0.2, 0.25) is 0 Å². The van der Waals surface area contributed by atoms with Crippen LogP contribution < -0.4 is 4.72 Å². The van der Waals surface area contributed by atoms with E-state index in [1.54, 1.807) is 11.6 Å². The minimum absolute atomic E-state index is 0.100. The zero-order valence-corrected chi connectivity index (χ0v) is 11.7. The smallest absolute Gasteiger partial charge is 0.266 e. The Kier molecular flexibility index (Phi) is 3.52. The average molecular weight is 281 g/mol. The summed E-state index contributed by atoms with van der Waals surface area (Å²) in [6.07, 6.45) is 5.66.